The third-order valence-corrected chi connectivity index (χ3v) is 5.44. The van der Waals surface area contributed by atoms with Crippen LogP contribution < -0.4 is 5.32 Å². The van der Waals surface area contributed by atoms with Gasteiger partial charge in [0.25, 0.3) is 0 Å². The van der Waals surface area contributed by atoms with Gasteiger partial charge in [0.05, 0.1) is 0 Å². The summed E-state index contributed by atoms with van der Waals surface area (Å²) in [6, 6.07) is 2.79. The van der Waals surface area contributed by atoms with Crippen molar-refractivity contribution < 1.29 is 0 Å². The Bertz CT molecular complexity index is 574. The Hall–Kier alpha value is -1.20. The number of aromatic nitrogens is 3. The van der Waals surface area contributed by atoms with Gasteiger partial charge < -0.3 is 5.32 Å². The van der Waals surface area contributed by atoms with E-state index in [4.69, 9.17) is 0 Å². The van der Waals surface area contributed by atoms with Gasteiger partial charge in [-0.1, -0.05) is 6.92 Å². The number of hydrogen-bond donors (Lipinski definition) is 1. The molecule has 1 aliphatic carbocycles. The van der Waals surface area contributed by atoms with E-state index in [1.807, 2.05) is 23.1 Å². The lowest BCUT2D eigenvalue weighted by atomic mass is 9.81. The molecule has 0 radical (unpaired) electrons. The van der Waals surface area contributed by atoms with E-state index in [1.165, 1.54) is 25.7 Å². The van der Waals surface area contributed by atoms with E-state index < -0.39 is 0 Å². The average molecular weight is 304 g/mol. The highest BCUT2D eigenvalue weighted by Crippen LogP contribution is 2.37. The molecular formula is C16H24N4S. The fourth-order valence-electron chi connectivity index (χ4n) is 3.33. The summed E-state index contributed by atoms with van der Waals surface area (Å²) < 4.78 is 1.90. The predicted molar refractivity (Wildman–Crippen MR) is 86.8 cm³/mol. The lowest BCUT2D eigenvalue weighted by Gasteiger charge is -2.31. The second kappa shape index (κ2) is 6.71. The van der Waals surface area contributed by atoms with Crippen molar-refractivity contribution in [3.63, 3.8) is 0 Å². The van der Waals surface area contributed by atoms with Crippen LogP contribution in [-0.2, 0) is 19.9 Å². The zero-order valence-electron chi connectivity index (χ0n) is 12.9. The fraction of sp³-hybridized carbons (Fsp3) is 0.625. The molecule has 2 unspecified atom stereocenters. The first-order valence-corrected chi connectivity index (χ1v) is 8.80. The molecule has 5 heteroatoms. The summed E-state index contributed by atoms with van der Waals surface area (Å²) in [5.74, 6) is 1.69. The molecule has 0 spiro atoms. The normalized spacial score (nSPS) is 19.4. The molecule has 4 nitrogen and oxygen atoms in total. The molecule has 1 aliphatic rings. The molecule has 0 amide bonds. The Kier molecular flexibility index (Phi) is 4.70. The van der Waals surface area contributed by atoms with Crippen LogP contribution in [0, 0.1) is 0 Å². The number of nitrogens with zero attached hydrogens (tertiary/aromatic N) is 3. The smallest absolute Gasteiger partial charge is 0.138 e. The molecule has 2 aromatic rings. The Balaban J connectivity index is 1.81. The van der Waals surface area contributed by atoms with Gasteiger partial charge in [-0.05, 0) is 49.2 Å². The van der Waals surface area contributed by atoms with E-state index in [-0.39, 0.29) is 0 Å². The van der Waals surface area contributed by atoms with Crippen molar-refractivity contribution in [1.29, 1.82) is 0 Å². The van der Waals surface area contributed by atoms with Crippen LogP contribution in [0.1, 0.15) is 48.4 Å². The van der Waals surface area contributed by atoms with E-state index >= 15 is 0 Å². The minimum atomic E-state index is 0.460. The average Bonchev–Trinajstić information content (AvgIpc) is 3.12. The van der Waals surface area contributed by atoms with Gasteiger partial charge in [0, 0.05) is 30.3 Å². The molecule has 0 aliphatic heterocycles. The Labute approximate surface area is 130 Å². The zero-order chi connectivity index (χ0) is 14.7. The minimum absolute atomic E-state index is 0.460. The third kappa shape index (κ3) is 3.19. The summed E-state index contributed by atoms with van der Waals surface area (Å²) in [6.07, 6.45) is 7.62. The van der Waals surface area contributed by atoms with Crippen molar-refractivity contribution in [3.8, 4) is 0 Å². The zero-order valence-corrected chi connectivity index (χ0v) is 13.7. The number of thiophene rings is 1. The summed E-state index contributed by atoms with van der Waals surface area (Å²) in [6.45, 7) is 3.29. The molecule has 2 atom stereocenters. The van der Waals surface area contributed by atoms with Crippen LogP contribution in [0.15, 0.2) is 17.8 Å². The van der Waals surface area contributed by atoms with Crippen molar-refractivity contribution in [3.05, 3.63) is 34.0 Å². The van der Waals surface area contributed by atoms with Gasteiger partial charge in [0.15, 0.2) is 0 Å². The van der Waals surface area contributed by atoms with Gasteiger partial charge in [0.2, 0.25) is 0 Å². The second-order valence-electron chi connectivity index (χ2n) is 5.86. The van der Waals surface area contributed by atoms with Crippen molar-refractivity contribution >= 4 is 11.3 Å². The first kappa shape index (κ1) is 14.7. The number of nitrogens with one attached hydrogen (secondary N) is 1. The molecule has 2 aromatic heterocycles. The molecule has 1 N–H and O–H groups in total. The molecule has 2 heterocycles. The monoisotopic (exact) mass is 304 g/mol. The lowest BCUT2D eigenvalue weighted by molar-refractivity contribution is 0.382. The van der Waals surface area contributed by atoms with Crippen LogP contribution >= 0.6 is 11.3 Å². The number of aryl methyl sites for hydroxylation is 2. The molecular weight excluding hydrogens is 280 g/mol. The number of rotatable bonds is 6. The Morgan fingerprint density at radius 1 is 1.52 bits per heavy atom. The van der Waals surface area contributed by atoms with Gasteiger partial charge >= 0.3 is 0 Å². The molecule has 0 bridgehead atoms. The SMILES string of the molecule is CCCNC(Cc1ncnn1C)C1CCCc2sccc21. The molecule has 0 saturated carbocycles. The largest absolute Gasteiger partial charge is 0.313 e. The maximum Gasteiger partial charge on any atom is 0.138 e. The van der Waals surface area contributed by atoms with Gasteiger partial charge in [-0.3, -0.25) is 4.68 Å². The van der Waals surface area contributed by atoms with E-state index in [1.54, 1.807) is 16.8 Å². The topological polar surface area (TPSA) is 42.7 Å². The van der Waals surface area contributed by atoms with Crippen molar-refractivity contribution in [2.75, 3.05) is 6.54 Å². The Morgan fingerprint density at radius 3 is 3.19 bits per heavy atom. The summed E-state index contributed by atoms with van der Waals surface area (Å²) in [5, 5.41) is 10.2. The lowest BCUT2D eigenvalue weighted by Crippen LogP contribution is -2.39. The van der Waals surface area contributed by atoms with Crippen LogP contribution in [0.3, 0.4) is 0 Å². The quantitative estimate of drug-likeness (QED) is 0.892. The van der Waals surface area contributed by atoms with Crippen LogP contribution in [0.5, 0.6) is 0 Å². The van der Waals surface area contributed by atoms with Crippen molar-refractivity contribution in [2.45, 2.75) is 51.0 Å². The summed E-state index contributed by atoms with van der Waals surface area (Å²) in [7, 11) is 1.98. The van der Waals surface area contributed by atoms with Crippen LogP contribution in [0.2, 0.25) is 0 Å². The highest BCUT2D eigenvalue weighted by Gasteiger charge is 2.29. The first-order chi connectivity index (χ1) is 10.3. The molecule has 0 saturated heterocycles. The third-order valence-electron chi connectivity index (χ3n) is 4.45. The molecule has 3 rings (SSSR count). The summed E-state index contributed by atoms with van der Waals surface area (Å²) in [5.41, 5.74) is 1.57. The van der Waals surface area contributed by atoms with Gasteiger partial charge in [0.1, 0.15) is 12.2 Å². The van der Waals surface area contributed by atoms with E-state index in [9.17, 15) is 0 Å². The van der Waals surface area contributed by atoms with Crippen molar-refractivity contribution in [1.82, 2.24) is 20.1 Å². The maximum absolute atomic E-state index is 4.42. The van der Waals surface area contributed by atoms with Gasteiger partial charge in [-0.15, -0.1) is 11.3 Å². The summed E-state index contributed by atoms with van der Waals surface area (Å²) in [4.78, 5) is 6.01. The molecule has 0 aromatic carbocycles. The highest BCUT2D eigenvalue weighted by atomic mass is 32.1. The molecule has 21 heavy (non-hydrogen) atoms. The van der Waals surface area contributed by atoms with Crippen LogP contribution in [0.25, 0.3) is 0 Å². The molecule has 0 fully saturated rings. The highest BCUT2D eigenvalue weighted by molar-refractivity contribution is 7.10. The van der Waals surface area contributed by atoms with Crippen LogP contribution in [0.4, 0.5) is 0 Å². The standard InChI is InChI=1S/C16H24N4S/c1-3-8-17-14(10-16-18-11-19-20(16)2)12-5-4-6-15-13(12)7-9-21-15/h7,9,11-12,14,17H,3-6,8,10H2,1-2H3. The number of hydrogen-bond acceptors (Lipinski definition) is 4. The van der Waals surface area contributed by atoms with Crippen LogP contribution in [-0.4, -0.2) is 27.4 Å². The van der Waals surface area contributed by atoms with E-state index in [0.717, 1.165) is 18.8 Å². The van der Waals surface area contributed by atoms with Gasteiger partial charge in [-0.25, -0.2) is 4.98 Å². The Morgan fingerprint density at radius 2 is 2.43 bits per heavy atom. The molecule has 114 valence electrons. The van der Waals surface area contributed by atoms with E-state index in [0.29, 0.717) is 12.0 Å². The predicted octanol–water partition coefficient (Wildman–Crippen LogP) is 2.91. The maximum atomic E-state index is 4.42. The van der Waals surface area contributed by atoms with E-state index in [2.05, 4.69) is 33.8 Å². The minimum Gasteiger partial charge on any atom is -0.313 e. The van der Waals surface area contributed by atoms with Gasteiger partial charge in [-0.2, -0.15) is 5.10 Å². The number of fused-ring (bicyclic) bond motifs is 1. The fourth-order valence-corrected chi connectivity index (χ4v) is 4.32. The van der Waals surface area contributed by atoms with Crippen molar-refractivity contribution in [2.24, 2.45) is 7.05 Å². The first-order valence-electron chi connectivity index (χ1n) is 7.92. The second-order valence-corrected chi connectivity index (χ2v) is 6.86. The summed E-state index contributed by atoms with van der Waals surface area (Å²) >= 11 is 1.92.